The van der Waals surface area contributed by atoms with Crippen molar-refractivity contribution in [3.05, 3.63) is 0 Å². The predicted molar refractivity (Wildman–Crippen MR) is 47.6 cm³/mol. The number of nitrogens with zero attached hydrogens (tertiary/aromatic N) is 2. The Morgan fingerprint density at radius 1 is 1.54 bits per heavy atom. The first kappa shape index (κ1) is 8.50. The van der Waals surface area contributed by atoms with Gasteiger partial charge < -0.3 is 15.4 Å². The average Bonchev–Trinajstić information content (AvgIpc) is 2.34. The molecule has 2 aliphatic rings. The maximum atomic E-state index is 11.3. The minimum Gasteiger partial charge on any atom is -0.385 e. The maximum Gasteiger partial charge on any atom is 0.345 e. The van der Waals surface area contributed by atoms with E-state index >= 15 is 0 Å². The summed E-state index contributed by atoms with van der Waals surface area (Å²) < 4.78 is 5.24. The average molecular weight is 183 g/mol. The number of hydrogen-bond donors (Lipinski definition) is 1. The van der Waals surface area contributed by atoms with Crippen LogP contribution in [0.1, 0.15) is 12.8 Å². The second-order valence-electron chi connectivity index (χ2n) is 3.48. The van der Waals surface area contributed by atoms with Gasteiger partial charge in [0.2, 0.25) is 0 Å². The van der Waals surface area contributed by atoms with Crippen LogP contribution in [0.2, 0.25) is 0 Å². The Labute approximate surface area is 76.6 Å². The van der Waals surface area contributed by atoms with E-state index in [2.05, 4.69) is 4.99 Å². The maximum absolute atomic E-state index is 11.3. The van der Waals surface area contributed by atoms with E-state index in [0.717, 1.165) is 12.8 Å². The molecule has 0 unspecified atom stereocenters. The van der Waals surface area contributed by atoms with Crippen LogP contribution in [0.25, 0.3) is 0 Å². The molecular weight excluding hydrogens is 170 g/mol. The second-order valence-corrected chi connectivity index (χ2v) is 3.48. The number of carbonyl (C=O) groups is 1. The lowest BCUT2D eigenvalue weighted by atomic mass is 9.88. The van der Waals surface area contributed by atoms with E-state index in [1.54, 1.807) is 11.9 Å². The van der Waals surface area contributed by atoms with Crippen LogP contribution in [0.3, 0.4) is 0 Å². The standard InChI is InChI=1S/C8H13N3O2/c1-11-7(12)10-6(9)8(11)2-4-13-5-3-8/h2-5H2,1H3,(H2,9,10,12). The number of rotatable bonds is 0. The molecule has 0 aromatic carbocycles. The molecule has 1 spiro atoms. The Bertz CT molecular complexity index is 269. The molecule has 2 heterocycles. The van der Waals surface area contributed by atoms with Crippen LogP contribution in [-0.4, -0.2) is 42.6 Å². The van der Waals surface area contributed by atoms with Crippen LogP contribution < -0.4 is 5.73 Å². The molecule has 2 amide bonds. The van der Waals surface area contributed by atoms with Crippen LogP contribution in [0.15, 0.2) is 4.99 Å². The number of aliphatic imine (C=N–C) groups is 1. The third kappa shape index (κ3) is 1.03. The summed E-state index contributed by atoms with van der Waals surface area (Å²) in [7, 11) is 1.75. The van der Waals surface area contributed by atoms with Crippen molar-refractivity contribution in [1.82, 2.24) is 4.90 Å². The van der Waals surface area contributed by atoms with Crippen molar-refractivity contribution in [3.8, 4) is 0 Å². The number of urea groups is 1. The van der Waals surface area contributed by atoms with Gasteiger partial charge in [0.1, 0.15) is 11.4 Å². The summed E-state index contributed by atoms with van der Waals surface area (Å²) in [6.45, 7) is 1.29. The van der Waals surface area contributed by atoms with E-state index in [4.69, 9.17) is 10.5 Å². The molecule has 0 aliphatic carbocycles. The van der Waals surface area contributed by atoms with Crippen LogP contribution in [0.4, 0.5) is 4.79 Å². The van der Waals surface area contributed by atoms with Crippen molar-refractivity contribution in [3.63, 3.8) is 0 Å². The normalized spacial score (nSPS) is 26.7. The number of amidine groups is 1. The van der Waals surface area contributed by atoms with Crippen LogP contribution in [0, 0.1) is 0 Å². The molecule has 2 N–H and O–H groups in total. The Hall–Kier alpha value is -1.10. The lowest BCUT2D eigenvalue weighted by molar-refractivity contribution is 0.0351. The first-order valence-electron chi connectivity index (χ1n) is 4.37. The highest BCUT2D eigenvalue weighted by Gasteiger charge is 2.47. The van der Waals surface area contributed by atoms with E-state index < -0.39 is 0 Å². The molecule has 0 aromatic rings. The summed E-state index contributed by atoms with van der Waals surface area (Å²) in [6.07, 6.45) is 1.51. The van der Waals surface area contributed by atoms with Crippen molar-refractivity contribution >= 4 is 11.9 Å². The number of ether oxygens (including phenoxy) is 1. The first-order chi connectivity index (χ1) is 6.17. The highest BCUT2D eigenvalue weighted by atomic mass is 16.5. The highest BCUT2D eigenvalue weighted by molar-refractivity contribution is 6.05. The Kier molecular flexibility index (Phi) is 1.76. The van der Waals surface area contributed by atoms with E-state index in [-0.39, 0.29) is 11.6 Å². The zero-order valence-corrected chi connectivity index (χ0v) is 7.62. The number of hydrogen-bond acceptors (Lipinski definition) is 3. The second kappa shape index (κ2) is 2.70. The molecule has 2 rings (SSSR count). The zero-order valence-electron chi connectivity index (χ0n) is 7.62. The molecular formula is C8H13N3O2. The third-order valence-corrected chi connectivity index (χ3v) is 2.94. The largest absolute Gasteiger partial charge is 0.385 e. The summed E-state index contributed by atoms with van der Waals surface area (Å²) in [5, 5.41) is 0. The van der Waals surface area contributed by atoms with E-state index in [1.165, 1.54) is 0 Å². The summed E-state index contributed by atoms with van der Waals surface area (Å²) >= 11 is 0. The quantitative estimate of drug-likeness (QED) is 0.573. The molecule has 1 fully saturated rings. The Morgan fingerprint density at radius 3 is 2.62 bits per heavy atom. The van der Waals surface area contributed by atoms with Gasteiger partial charge in [0, 0.05) is 33.1 Å². The fourth-order valence-corrected chi connectivity index (χ4v) is 1.94. The van der Waals surface area contributed by atoms with Crippen molar-refractivity contribution in [1.29, 1.82) is 0 Å². The molecule has 2 aliphatic heterocycles. The van der Waals surface area contributed by atoms with E-state index in [9.17, 15) is 4.79 Å². The molecule has 0 aromatic heterocycles. The predicted octanol–water partition coefficient (Wildman–Crippen LogP) is -0.0418. The van der Waals surface area contributed by atoms with Crippen molar-refractivity contribution in [2.75, 3.05) is 20.3 Å². The van der Waals surface area contributed by atoms with Gasteiger partial charge in [-0.2, -0.15) is 4.99 Å². The zero-order chi connectivity index (χ0) is 9.47. The summed E-state index contributed by atoms with van der Waals surface area (Å²) in [5.41, 5.74) is 5.41. The molecule has 13 heavy (non-hydrogen) atoms. The van der Waals surface area contributed by atoms with Crippen molar-refractivity contribution < 1.29 is 9.53 Å². The van der Waals surface area contributed by atoms with Crippen molar-refractivity contribution in [2.24, 2.45) is 10.7 Å². The molecule has 5 heteroatoms. The lowest BCUT2D eigenvalue weighted by Gasteiger charge is -2.38. The molecule has 1 saturated heterocycles. The minimum absolute atomic E-state index is 0.237. The number of carbonyl (C=O) groups excluding carboxylic acids is 1. The highest BCUT2D eigenvalue weighted by Crippen LogP contribution is 2.31. The Balaban J connectivity index is 2.30. The van der Waals surface area contributed by atoms with Gasteiger partial charge in [0.15, 0.2) is 0 Å². The topological polar surface area (TPSA) is 67.9 Å². The van der Waals surface area contributed by atoms with Gasteiger partial charge in [-0.3, -0.25) is 0 Å². The molecule has 0 atom stereocenters. The third-order valence-electron chi connectivity index (χ3n) is 2.94. The monoisotopic (exact) mass is 183 g/mol. The van der Waals surface area contributed by atoms with Gasteiger partial charge in [-0.15, -0.1) is 0 Å². The molecule has 0 saturated carbocycles. The number of nitrogens with two attached hydrogens (primary N) is 1. The first-order valence-corrected chi connectivity index (χ1v) is 4.37. The van der Waals surface area contributed by atoms with Crippen LogP contribution in [-0.2, 0) is 4.74 Å². The molecule has 0 bridgehead atoms. The molecule has 0 radical (unpaired) electrons. The number of amides is 2. The van der Waals surface area contributed by atoms with Crippen LogP contribution >= 0.6 is 0 Å². The molecule has 72 valence electrons. The fourth-order valence-electron chi connectivity index (χ4n) is 1.94. The molecule has 5 nitrogen and oxygen atoms in total. The van der Waals surface area contributed by atoms with Crippen LogP contribution in [0.5, 0.6) is 0 Å². The van der Waals surface area contributed by atoms with Gasteiger partial charge in [-0.05, 0) is 0 Å². The van der Waals surface area contributed by atoms with Gasteiger partial charge in [-0.25, -0.2) is 4.79 Å². The summed E-state index contributed by atoms with van der Waals surface area (Å²) in [6, 6.07) is -0.237. The van der Waals surface area contributed by atoms with Gasteiger partial charge in [-0.1, -0.05) is 0 Å². The van der Waals surface area contributed by atoms with Gasteiger partial charge in [0.25, 0.3) is 0 Å². The summed E-state index contributed by atoms with van der Waals surface area (Å²) in [4.78, 5) is 16.7. The summed E-state index contributed by atoms with van der Waals surface area (Å²) in [5.74, 6) is 0.448. The minimum atomic E-state index is -0.352. The Morgan fingerprint density at radius 2 is 2.15 bits per heavy atom. The van der Waals surface area contributed by atoms with Gasteiger partial charge in [0.05, 0.1) is 0 Å². The number of likely N-dealkylation sites (N-methyl/N-ethyl adjacent to an activating group) is 1. The van der Waals surface area contributed by atoms with Crippen molar-refractivity contribution in [2.45, 2.75) is 18.4 Å². The lowest BCUT2D eigenvalue weighted by Crippen LogP contribution is -2.55. The SMILES string of the molecule is CN1C(=O)N=C(N)C12CCOCC2. The fraction of sp³-hybridized carbons (Fsp3) is 0.750. The smallest absolute Gasteiger partial charge is 0.345 e. The van der Waals surface area contributed by atoms with E-state index in [0.29, 0.717) is 19.0 Å². The van der Waals surface area contributed by atoms with Gasteiger partial charge >= 0.3 is 6.03 Å². The van der Waals surface area contributed by atoms with E-state index in [1.807, 2.05) is 0 Å².